The lowest BCUT2D eigenvalue weighted by Crippen LogP contribution is -2.30. The number of aryl methyl sites for hydroxylation is 4. The minimum Gasteiger partial charge on any atom is -0.396 e. The lowest BCUT2D eigenvalue weighted by Gasteiger charge is -2.32. The molecule has 4 N–H and O–H groups in total. The van der Waals surface area contributed by atoms with Crippen molar-refractivity contribution in [2.45, 2.75) is 156 Å². The minimum absolute atomic E-state index is 0.171. The summed E-state index contributed by atoms with van der Waals surface area (Å²) in [6.07, 6.45) is 22.6. The van der Waals surface area contributed by atoms with Gasteiger partial charge >= 0.3 is 11.4 Å². The molecule has 2 aromatic heterocycles. The molecule has 452 valence electrons. The molecule has 0 saturated carbocycles. The van der Waals surface area contributed by atoms with E-state index in [0.29, 0.717) is 33.5 Å². The molecular weight excluding hydrogens is 1110 g/mol. The van der Waals surface area contributed by atoms with E-state index in [1.54, 1.807) is 0 Å². The van der Waals surface area contributed by atoms with E-state index >= 15 is 0 Å². The molecule has 0 aliphatic carbocycles. The molecule has 0 saturated heterocycles. The van der Waals surface area contributed by atoms with Crippen molar-refractivity contribution in [2.24, 2.45) is 0 Å². The molecule has 0 radical (unpaired) electrons. The zero-order valence-corrected chi connectivity index (χ0v) is 52.4. The maximum absolute atomic E-state index is 12.8. The maximum atomic E-state index is 12.8. The van der Waals surface area contributed by atoms with E-state index in [1.807, 2.05) is 36.4 Å². The molecule has 0 atom stereocenters. The van der Waals surface area contributed by atoms with E-state index < -0.39 is 21.2 Å². The van der Waals surface area contributed by atoms with Crippen LogP contribution >= 0.6 is 23.5 Å². The fourth-order valence-corrected chi connectivity index (χ4v) is 15.1. The topological polar surface area (TPSA) is 203 Å². The van der Waals surface area contributed by atoms with E-state index in [0.717, 1.165) is 184 Å². The van der Waals surface area contributed by atoms with E-state index in [9.17, 15) is 20.2 Å². The average molecular weight is 1200 g/mol. The van der Waals surface area contributed by atoms with Crippen molar-refractivity contribution < 1.29 is 9.85 Å². The van der Waals surface area contributed by atoms with Crippen LogP contribution in [-0.4, -0.2) is 79.7 Å². The van der Waals surface area contributed by atoms with Gasteiger partial charge in [0, 0.05) is 86.2 Å². The van der Waals surface area contributed by atoms with Gasteiger partial charge in [-0.1, -0.05) is 103 Å². The second kappa shape index (κ2) is 27.5. The highest BCUT2D eigenvalue weighted by Gasteiger charge is 2.40. The summed E-state index contributed by atoms with van der Waals surface area (Å²) in [5, 5.41) is 25.6. The highest BCUT2D eigenvalue weighted by molar-refractivity contribution is 7.00. The minimum atomic E-state index is -0.611. The fourth-order valence-electron chi connectivity index (χ4n) is 14.0. The number of unbranched alkanes of at least 4 members (excludes halogenated alkanes) is 8. The van der Waals surface area contributed by atoms with E-state index in [2.05, 4.69) is 92.4 Å². The number of nitrogens with zero attached hydrogens (tertiary/aromatic N) is 10. The van der Waals surface area contributed by atoms with Gasteiger partial charge in [-0.2, -0.15) is 17.5 Å². The zero-order chi connectivity index (χ0) is 59.8. The Bertz CT molecular complexity index is 3510. The van der Waals surface area contributed by atoms with Gasteiger partial charge in [-0.25, -0.2) is 0 Å². The number of anilines is 6. The molecule has 8 aromatic rings. The Hall–Kier alpha value is -7.44. The molecule has 0 amide bonds. The highest BCUT2D eigenvalue weighted by Crippen LogP contribution is 2.52. The van der Waals surface area contributed by atoms with Crippen molar-refractivity contribution in [1.82, 2.24) is 17.5 Å². The second-order valence-corrected chi connectivity index (χ2v) is 25.1. The SMILES string of the molecule is CCCCCN1CCCc2cc(-c3c(N)c(N)c(-c4ccc5c(c4)CCCN5CCCCC)c4nsnc34)ccc21.CCCCCN1CCCc2cc(-c3c([N+](=O)[O-])c([N+](=O)[O-])c(-c4ccc5c(c4)CCCN5CCCCC)c4nsnc34)ccc21. The molecular formula is C68H84N12O4S2. The third-order valence-electron chi connectivity index (χ3n) is 18.3. The van der Waals surface area contributed by atoms with Gasteiger partial charge in [-0.15, -0.1) is 0 Å². The molecule has 0 spiro atoms. The Labute approximate surface area is 514 Å². The van der Waals surface area contributed by atoms with Crippen LogP contribution in [0.1, 0.15) is 153 Å². The lowest BCUT2D eigenvalue weighted by atomic mass is 9.90. The monoisotopic (exact) mass is 1200 g/mol. The van der Waals surface area contributed by atoms with Crippen molar-refractivity contribution >= 4 is 91.0 Å². The number of nitro benzene ring substituents is 2. The Kier molecular flexibility index (Phi) is 19.3. The third-order valence-corrected chi connectivity index (χ3v) is 19.3. The molecule has 0 bridgehead atoms. The average Bonchev–Trinajstić information content (AvgIpc) is 1.48. The number of rotatable bonds is 22. The molecule has 4 aliphatic rings. The lowest BCUT2D eigenvalue weighted by molar-refractivity contribution is -0.421. The number of nitrogens with two attached hydrogens (primary N) is 2. The van der Waals surface area contributed by atoms with Gasteiger partial charge in [0.25, 0.3) is 0 Å². The van der Waals surface area contributed by atoms with Crippen LogP contribution in [-0.2, 0) is 25.7 Å². The molecule has 16 nitrogen and oxygen atoms in total. The van der Waals surface area contributed by atoms with Crippen molar-refractivity contribution in [3.63, 3.8) is 0 Å². The molecule has 86 heavy (non-hydrogen) atoms. The Morgan fingerprint density at radius 2 is 0.663 bits per heavy atom. The van der Waals surface area contributed by atoms with Gasteiger partial charge < -0.3 is 31.1 Å². The predicted octanol–water partition coefficient (Wildman–Crippen LogP) is 16.8. The number of hydrogen-bond acceptors (Lipinski definition) is 16. The molecule has 12 rings (SSSR count). The summed E-state index contributed by atoms with van der Waals surface area (Å²) in [6.45, 7) is 17.3. The molecule has 4 aliphatic heterocycles. The van der Waals surface area contributed by atoms with Crippen LogP contribution < -0.4 is 31.1 Å². The van der Waals surface area contributed by atoms with Crippen LogP contribution in [0.4, 0.5) is 45.5 Å². The molecule has 18 heteroatoms. The standard InChI is InChI=1S/C34H40N6O4S.C34H44N6S/c1-3-5-7-17-37-19-9-11-23-21-25(13-15-27(23)37)29-31-32(36-45-35-31)30(34(40(43)44)33(29)39(41)42)26-14-16-28-24(22-26)12-10-20-38(28)18-8-6-4-2;1-3-5-7-17-39-19-9-11-23-21-25(13-15-27(23)39)29-31(35)32(36)30(34-33(29)37-41-38-34)26-14-16-28-24(22-26)12-10-20-40(28)18-8-6-4-2/h13-16,21-22H,3-12,17-20H2,1-2H3;13-16,21-22H,3-12,17-20,35-36H2,1-2H3. The van der Waals surface area contributed by atoms with Crippen LogP contribution in [0, 0.1) is 20.2 Å². The summed E-state index contributed by atoms with van der Waals surface area (Å²) in [6, 6.07) is 25.3. The van der Waals surface area contributed by atoms with Crippen LogP contribution in [0.2, 0.25) is 0 Å². The first-order valence-corrected chi connectivity index (χ1v) is 33.5. The van der Waals surface area contributed by atoms with E-state index in [-0.39, 0.29) is 11.1 Å². The van der Waals surface area contributed by atoms with Gasteiger partial charge in [0.2, 0.25) is 0 Å². The van der Waals surface area contributed by atoms with Crippen LogP contribution in [0.25, 0.3) is 66.6 Å². The maximum Gasteiger partial charge on any atom is 0.356 e. The number of aromatic nitrogens is 4. The number of benzene rings is 6. The highest BCUT2D eigenvalue weighted by atomic mass is 32.1. The smallest absolute Gasteiger partial charge is 0.356 e. The van der Waals surface area contributed by atoms with Gasteiger partial charge in [-0.3, -0.25) is 20.2 Å². The summed E-state index contributed by atoms with van der Waals surface area (Å²) in [5.74, 6) is 0. The van der Waals surface area contributed by atoms with Crippen LogP contribution in [0.3, 0.4) is 0 Å². The van der Waals surface area contributed by atoms with Crippen molar-refractivity contribution in [1.29, 1.82) is 0 Å². The number of hydrogen-bond donors (Lipinski definition) is 2. The van der Waals surface area contributed by atoms with Gasteiger partial charge in [0.15, 0.2) is 0 Å². The van der Waals surface area contributed by atoms with Gasteiger partial charge in [-0.05, 0) is 170 Å². The Morgan fingerprint density at radius 1 is 0.407 bits per heavy atom. The summed E-state index contributed by atoms with van der Waals surface area (Å²) in [5.41, 5.74) is 31.8. The summed E-state index contributed by atoms with van der Waals surface area (Å²) < 4.78 is 18.6. The third kappa shape index (κ3) is 12.3. The Balaban J connectivity index is 0.000000179. The summed E-state index contributed by atoms with van der Waals surface area (Å²) in [4.78, 5) is 34.3. The second-order valence-electron chi connectivity index (χ2n) is 24.0. The molecule has 6 aromatic carbocycles. The van der Waals surface area contributed by atoms with E-state index in [4.69, 9.17) is 20.2 Å². The number of nitrogen functional groups attached to an aromatic ring is 2. The van der Waals surface area contributed by atoms with Crippen molar-refractivity contribution in [3.8, 4) is 44.5 Å². The zero-order valence-electron chi connectivity index (χ0n) is 50.8. The normalized spacial score (nSPS) is 14.7. The molecule has 6 heterocycles. The first-order valence-electron chi connectivity index (χ1n) is 32.0. The first kappa shape index (κ1) is 60.3. The van der Waals surface area contributed by atoms with E-state index in [1.165, 1.54) is 98.4 Å². The van der Waals surface area contributed by atoms with Crippen LogP contribution in [0.15, 0.2) is 72.8 Å². The fraction of sp³-hybridized carbons (Fsp3) is 0.471. The quantitative estimate of drug-likeness (QED) is 0.0281. The number of nitro groups is 2. The Morgan fingerprint density at radius 3 is 0.919 bits per heavy atom. The summed E-state index contributed by atoms with van der Waals surface area (Å²) in [7, 11) is 0. The van der Waals surface area contributed by atoms with Crippen molar-refractivity contribution in [3.05, 3.63) is 115 Å². The molecule has 0 unspecified atom stereocenters. The summed E-state index contributed by atoms with van der Waals surface area (Å²) >= 11 is 2.17. The van der Waals surface area contributed by atoms with Crippen molar-refractivity contribution in [2.75, 3.05) is 83.4 Å². The first-order chi connectivity index (χ1) is 42.0. The van der Waals surface area contributed by atoms with Gasteiger partial charge in [0.05, 0.1) is 55.8 Å². The predicted molar refractivity (Wildman–Crippen MR) is 359 cm³/mol. The van der Waals surface area contributed by atoms with Crippen LogP contribution in [0.5, 0.6) is 0 Å². The number of fused-ring (bicyclic) bond motifs is 6. The van der Waals surface area contributed by atoms with Gasteiger partial charge in [0.1, 0.15) is 22.1 Å². The molecule has 0 fully saturated rings. The largest absolute Gasteiger partial charge is 0.396 e.